The van der Waals surface area contributed by atoms with Crippen LogP contribution in [0.5, 0.6) is 0 Å². The molecule has 1 aromatic heterocycles. The van der Waals surface area contributed by atoms with Crippen LogP contribution in [0.2, 0.25) is 0 Å². The summed E-state index contributed by atoms with van der Waals surface area (Å²) in [5.74, 6) is 3.20. The van der Waals surface area contributed by atoms with E-state index in [9.17, 15) is 0 Å². The van der Waals surface area contributed by atoms with Gasteiger partial charge in [0, 0.05) is 32.2 Å². The second kappa shape index (κ2) is 11.6. The Morgan fingerprint density at radius 1 is 1.13 bits per heavy atom. The smallest absolute Gasteiger partial charge is 0.191 e. The van der Waals surface area contributed by atoms with Crippen LogP contribution in [0.3, 0.4) is 0 Å². The quantitative estimate of drug-likeness (QED) is 0.341. The van der Waals surface area contributed by atoms with Crippen LogP contribution in [0.25, 0.3) is 0 Å². The van der Waals surface area contributed by atoms with Crippen molar-refractivity contribution in [3.63, 3.8) is 0 Å². The number of aliphatic imine (C=N–C) groups is 1. The maximum Gasteiger partial charge on any atom is 0.191 e. The van der Waals surface area contributed by atoms with Gasteiger partial charge in [0.05, 0.1) is 6.10 Å². The summed E-state index contributed by atoms with van der Waals surface area (Å²) in [5, 5.41) is 15.7. The molecule has 2 atom stereocenters. The average molecular weight is 533 g/mol. The summed E-state index contributed by atoms with van der Waals surface area (Å²) in [6.45, 7) is 11.1. The highest BCUT2D eigenvalue weighted by Crippen LogP contribution is 2.33. The van der Waals surface area contributed by atoms with E-state index in [0.29, 0.717) is 18.5 Å². The zero-order valence-electron chi connectivity index (χ0n) is 19.4. The van der Waals surface area contributed by atoms with Crippen LogP contribution >= 0.6 is 24.0 Å². The van der Waals surface area contributed by atoms with Crippen molar-refractivity contribution >= 4 is 29.9 Å². The van der Waals surface area contributed by atoms with Crippen molar-refractivity contribution in [1.82, 2.24) is 25.4 Å². The highest BCUT2D eigenvalue weighted by molar-refractivity contribution is 14.0. The van der Waals surface area contributed by atoms with Crippen LogP contribution in [-0.2, 0) is 18.3 Å². The average Bonchev–Trinajstić information content (AvgIpc) is 3.02. The summed E-state index contributed by atoms with van der Waals surface area (Å²) in [6, 6.07) is 0.511. The monoisotopic (exact) mass is 532 g/mol. The van der Waals surface area contributed by atoms with E-state index >= 15 is 0 Å². The Hall–Kier alpha value is -0.900. The number of halogens is 1. The summed E-state index contributed by atoms with van der Waals surface area (Å²) in [6.07, 6.45) is 9.02. The minimum Gasteiger partial charge on any atom is -0.377 e. The third-order valence-corrected chi connectivity index (χ3v) is 6.34. The predicted octanol–water partition coefficient (Wildman–Crippen LogP) is 3.95. The Morgan fingerprint density at radius 2 is 1.87 bits per heavy atom. The van der Waals surface area contributed by atoms with Crippen LogP contribution in [0.4, 0.5) is 0 Å². The molecule has 0 bridgehead atoms. The molecular formula is C22H41IN6O. The lowest BCUT2D eigenvalue weighted by atomic mass is 9.78. The second-order valence-corrected chi connectivity index (χ2v) is 9.81. The summed E-state index contributed by atoms with van der Waals surface area (Å²) >= 11 is 0. The molecule has 0 spiro atoms. The largest absolute Gasteiger partial charge is 0.377 e. The molecule has 0 radical (unpaired) electrons. The van der Waals surface area contributed by atoms with Crippen molar-refractivity contribution in [2.24, 2.45) is 23.4 Å². The van der Waals surface area contributed by atoms with E-state index in [2.05, 4.69) is 41.6 Å². The fourth-order valence-electron chi connectivity index (χ4n) is 4.57. The third-order valence-electron chi connectivity index (χ3n) is 6.34. The van der Waals surface area contributed by atoms with Crippen molar-refractivity contribution < 1.29 is 4.74 Å². The van der Waals surface area contributed by atoms with Crippen molar-refractivity contribution in [1.29, 1.82) is 0 Å². The molecule has 3 rings (SSSR count). The van der Waals surface area contributed by atoms with E-state index in [4.69, 9.17) is 9.73 Å². The van der Waals surface area contributed by atoms with Crippen molar-refractivity contribution in [2.45, 2.75) is 91.3 Å². The van der Waals surface area contributed by atoms with Crippen LogP contribution in [0.15, 0.2) is 4.99 Å². The fraction of sp³-hybridized carbons (Fsp3) is 0.864. The minimum absolute atomic E-state index is 0. The number of ether oxygens (including phenoxy) is 1. The summed E-state index contributed by atoms with van der Waals surface area (Å²) in [4.78, 5) is 4.86. The Morgan fingerprint density at radius 3 is 2.50 bits per heavy atom. The maximum atomic E-state index is 6.16. The Labute approximate surface area is 199 Å². The summed E-state index contributed by atoms with van der Waals surface area (Å²) in [5.41, 5.74) is 0.150. The van der Waals surface area contributed by atoms with Crippen LogP contribution in [0.1, 0.15) is 77.4 Å². The van der Waals surface area contributed by atoms with Gasteiger partial charge in [0.2, 0.25) is 0 Å². The van der Waals surface area contributed by atoms with Gasteiger partial charge in [-0.15, -0.1) is 34.2 Å². The second-order valence-electron chi connectivity index (χ2n) is 9.81. The van der Waals surface area contributed by atoms with Crippen LogP contribution in [-0.4, -0.2) is 46.0 Å². The predicted molar refractivity (Wildman–Crippen MR) is 132 cm³/mol. The molecule has 2 N–H and O–H groups in total. The van der Waals surface area contributed by atoms with Gasteiger partial charge in [0.15, 0.2) is 11.8 Å². The SMILES string of the molecule is Cc1nnc(CN=C(NCC2CCCOC2C(C)(C)C)NC2CCCCC2)n1C.I. The number of hydrogen-bond donors (Lipinski definition) is 2. The number of guanidine groups is 1. The van der Waals surface area contributed by atoms with E-state index in [1.807, 2.05) is 18.5 Å². The molecular weight excluding hydrogens is 491 g/mol. The molecule has 30 heavy (non-hydrogen) atoms. The zero-order valence-corrected chi connectivity index (χ0v) is 21.7. The Bertz CT molecular complexity index is 678. The number of aryl methyl sites for hydroxylation is 1. The molecule has 0 aromatic carbocycles. The molecule has 8 heteroatoms. The maximum absolute atomic E-state index is 6.16. The lowest BCUT2D eigenvalue weighted by molar-refractivity contribution is -0.0835. The molecule has 1 saturated carbocycles. The molecule has 7 nitrogen and oxygen atoms in total. The topological polar surface area (TPSA) is 76.4 Å². The van der Waals surface area contributed by atoms with Gasteiger partial charge in [0.1, 0.15) is 12.4 Å². The van der Waals surface area contributed by atoms with Crippen molar-refractivity contribution in [2.75, 3.05) is 13.2 Å². The van der Waals surface area contributed by atoms with Gasteiger partial charge >= 0.3 is 0 Å². The number of rotatable bonds is 5. The molecule has 0 amide bonds. The first-order valence-electron chi connectivity index (χ1n) is 11.4. The number of aromatic nitrogens is 3. The Balaban J connectivity index is 0.00000320. The van der Waals surface area contributed by atoms with Gasteiger partial charge in [0.25, 0.3) is 0 Å². The first kappa shape index (κ1) is 25.4. The molecule has 2 unspecified atom stereocenters. The van der Waals surface area contributed by atoms with Gasteiger partial charge < -0.3 is 19.9 Å². The van der Waals surface area contributed by atoms with E-state index in [0.717, 1.165) is 37.2 Å². The zero-order chi connectivity index (χ0) is 20.9. The fourth-order valence-corrected chi connectivity index (χ4v) is 4.57. The summed E-state index contributed by atoms with van der Waals surface area (Å²) < 4.78 is 8.17. The van der Waals surface area contributed by atoms with Gasteiger partial charge in [-0.2, -0.15) is 0 Å². The van der Waals surface area contributed by atoms with Gasteiger partial charge in [-0.25, -0.2) is 4.99 Å². The van der Waals surface area contributed by atoms with Gasteiger partial charge in [-0.3, -0.25) is 0 Å². The van der Waals surface area contributed by atoms with E-state index in [-0.39, 0.29) is 35.5 Å². The van der Waals surface area contributed by atoms with Crippen molar-refractivity contribution in [3.8, 4) is 0 Å². The summed E-state index contributed by atoms with van der Waals surface area (Å²) in [7, 11) is 2.00. The third kappa shape index (κ3) is 7.07. The number of nitrogens with one attached hydrogen (secondary N) is 2. The molecule has 1 aliphatic heterocycles. The molecule has 1 aliphatic carbocycles. The first-order chi connectivity index (χ1) is 13.8. The van der Waals surface area contributed by atoms with E-state index in [1.54, 1.807) is 0 Å². The standard InChI is InChI=1S/C22H40N6O.HI/c1-16-26-27-19(28(16)5)15-24-21(25-18-11-7-6-8-12-18)23-14-17-10-9-13-29-20(17)22(2,3)4;/h17-18,20H,6-15H2,1-5H3,(H2,23,24,25);1H. The lowest BCUT2D eigenvalue weighted by Crippen LogP contribution is -2.49. The molecule has 2 aliphatic rings. The van der Waals surface area contributed by atoms with Crippen LogP contribution < -0.4 is 10.6 Å². The number of hydrogen-bond acceptors (Lipinski definition) is 4. The van der Waals surface area contributed by atoms with Gasteiger partial charge in [-0.05, 0) is 38.0 Å². The molecule has 2 heterocycles. The highest BCUT2D eigenvalue weighted by atomic mass is 127. The highest BCUT2D eigenvalue weighted by Gasteiger charge is 2.35. The normalized spacial score (nSPS) is 23.7. The first-order valence-corrected chi connectivity index (χ1v) is 11.4. The number of nitrogens with zero attached hydrogens (tertiary/aromatic N) is 4. The molecule has 2 fully saturated rings. The van der Waals surface area contributed by atoms with Gasteiger partial charge in [-0.1, -0.05) is 40.0 Å². The molecule has 172 valence electrons. The van der Waals surface area contributed by atoms with E-state index < -0.39 is 0 Å². The molecule has 1 saturated heterocycles. The van der Waals surface area contributed by atoms with E-state index in [1.165, 1.54) is 38.5 Å². The van der Waals surface area contributed by atoms with Crippen LogP contribution in [0, 0.1) is 18.3 Å². The Kier molecular flexibility index (Phi) is 9.84. The van der Waals surface area contributed by atoms with Crippen molar-refractivity contribution in [3.05, 3.63) is 11.6 Å². The molecule has 1 aromatic rings. The minimum atomic E-state index is 0. The lowest BCUT2D eigenvalue weighted by Gasteiger charge is -2.40.